The van der Waals surface area contributed by atoms with Crippen LogP contribution in [0, 0.1) is 0 Å². The molecule has 21 heavy (non-hydrogen) atoms. The highest BCUT2D eigenvalue weighted by Gasteiger charge is 2.23. The maximum atomic E-state index is 11.6. The first-order valence-electron chi connectivity index (χ1n) is 6.12. The van der Waals surface area contributed by atoms with E-state index < -0.39 is 11.2 Å². The Kier molecular flexibility index (Phi) is 3.74. The molecule has 2 aromatic heterocycles. The lowest BCUT2D eigenvalue weighted by Gasteiger charge is -2.10. The van der Waals surface area contributed by atoms with Gasteiger partial charge >= 0.3 is 0 Å². The van der Waals surface area contributed by atoms with Gasteiger partial charge in [0.1, 0.15) is 5.25 Å². The molecule has 0 saturated heterocycles. The van der Waals surface area contributed by atoms with E-state index in [0.29, 0.717) is 5.76 Å². The quantitative estimate of drug-likeness (QED) is 0.728. The molecule has 0 aliphatic heterocycles. The molecule has 3 aromatic rings. The molecule has 6 nitrogen and oxygen atoms in total. The average Bonchev–Trinajstić information content (AvgIpc) is 3.16. The molecule has 0 fully saturated rings. The Balaban J connectivity index is 1.82. The summed E-state index contributed by atoms with van der Waals surface area (Å²) < 4.78 is 10.6. The largest absolute Gasteiger partial charge is 0.459 e. The zero-order valence-corrected chi connectivity index (χ0v) is 11.6. The highest BCUT2D eigenvalue weighted by atomic mass is 32.2. The molecule has 0 aliphatic rings. The molecule has 0 saturated carbocycles. The van der Waals surface area contributed by atoms with E-state index in [1.807, 2.05) is 30.3 Å². The number of primary amides is 1. The first-order chi connectivity index (χ1) is 10.2. The first kappa shape index (κ1) is 13.4. The number of benzene rings is 1. The summed E-state index contributed by atoms with van der Waals surface area (Å²) in [7, 11) is 0. The molecule has 1 unspecified atom stereocenters. The van der Waals surface area contributed by atoms with Gasteiger partial charge in [-0.1, -0.05) is 30.3 Å². The van der Waals surface area contributed by atoms with E-state index in [1.54, 1.807) is 12.1 Å². The fourth-order valence-electron chi connectivity index (χ4n) is 1.78. The number of rotatable bonds is 5. The van der Waals surface area contributed by atoms with Gasteiger partial charge in [0.05, 0.1) is 6.26 Å². The summed E-state index contributed by atoms with van der Waals surface area (Å²) >= 11 is 1.11. The smallest absolute Gasteiger partial charge is 0.284 e. The maximum Gasteiger partial charge on any atom is 0.284 e. The molecule has 0 radical (unpaired) electrons. The first-order valence-corrected chi connectivity index (χ1v) is 7.00. The summed E-state index contributed by atoms with van der Waals surface area (Å²) in [5, 5.41) is 7.45. The number of carbonyl (C=O) groups is 1. The Morgan fingerprint density at radius 2 is 1.95 bits per heavy atom. The molecule has 0 aliphatic carbocycles. The zero-order valence-electron chi connectivity index (χ0n) is 10.8. The number of carbonyl (C=O) groups excluding carboxylic acids is 1. The molecule has 1 amide bonds. The number of hydrogen-bond donors (Lipinski definition) is 1. The van der Waals surface area contributed by atoms with Gasteiger partial charge in [0.25, 0.3) is 11.1 Å². The third-order valence-corrected chi connectivity index (χ3v) is 3.82. The van der Waals surface area contributed by atoms with Crippen molar-refractivity contribution in [1.29, 1.82) is 0 Å². The van der Waals surface area contributed by atoms with Crippen molar-refractivity contribution in [1.82, 2.24) is 10.2 Å². The van der Waals surface area contributed by atoms with E-state index in [2.05, 4.69) is 10.2 Å². The molecule has 3 rings (SSSR count). The van der Waals surface area contributed by atoms with E-state index in [-0.39, 0.29) is 11.1 Å². The summed E-state index contributed by atoms with van der Waals surface area (Å²) in [4.78, 5) is 11.6. The van der Waals surface area contributed by atoms with Crippen LogP contribution in [-0.2, 0) is 4.79 Å². The predicted molar refractivity (Wildman–Crippen MR) is 76.2 cm³/mol. The topological polar surface area (TPSA) is 95.2 Å². The second kappa shape index (κ2) is 5.84. The Morgan fingerprint density at radius 3 is 2.62 bits per heavy atom. The van der Waals surface area contributed by atoms with Crippen LogP contribution in [0.3, 0.4) is 0 Å². The molecular formula is C14H11N3O3S. The monoisotopic (exact) mass is 301 g/mol. The van der Waals surface area contributed by atoms with Crippen molar-refractivity contribution in [3.05, 3.63) is 54.3 Å². The van der Waals surface area contributed by atoms with Gasteiger partial charge in [0.2, 0.25) is 5.91 Å². The van der Waals surface area contributed by atoms with Crippen molar-refractivity contribution >= 4 is 17.7 Å². The SMILES string of the molecule is NC(=O)C(Sc1nnc(-c2ccco2)o1)c1ccccc1. The van der Waals surface area contributed by atoms with Crippen molar-refractivity contribution in [2.75, 3.05) is 0 Å². The van der Waals surface area contributed by atoms with Crippen LogP contribution >= 0.6 is 11.8 Å². The number of hydrogen-bond acceptors (Lipinski definition) is 6. The van der Waals surface area contributed by atoms with E-state index in [0.717, 1.165) is 17.3 Å². The summed E-state index contributed by atoms with van der Waals surface area (Å²) in [6.07, 6.45) is 1.52. The summed E-state index contributed by atoms with van der Waals surface area (Å²) in [5.74, 6) is 0.271. The molecule has 0 spiro atoms. The van der Waals surface area contributed by atoms with E-state index >= 15 is 0 Å². The van der Waals surface area contributed by atoms with Crippen molar-refractivity contribution in [3.8, 4) is 11.7 Å². The second-order valence-electron chi connectivity index (χ2n) is 4.16. The van der Waals surface area contributed by atoms with E-state index in [9.17, 15) is 4.79 Å². The number of nitrogens with two attached hydrogens (primary N) is 1. The third kappa shape index (κ3) is 2.97. The third-order valence-electron chi connectivity index (χ3n) is 2.72. The zero-order chi connectivity index (χ0) is 14.7. The predicted octanol–water partition coefficient (Wildman–Crippen LogP) is 2.65. The van der Waals surface area contributed by atoms with Crippen LogP contribution < -0.4 is 5.73 Å². The normalized spacial score (nSPS) is 12.2. The summed E-state index contributed by atoms with van der Waals surface area (Å²) in [5.41, 5.74) is 6.23. The maximum absolute atomic E-state index is 11.6. The number of nitrogens with zero attached hydrogens (tertiary/aromatic N) is 2. The van der Waals surface area contributed by atoms with Gasteiger partial charge < -0.3 is 14.6 Å². The van der Waals surface area contributed by atoms with Gasteiger partial charge in [-0.15, -0.1) is 10.2 Å². The Labute approximate surface area is 124 Å². The lowest BCUT2D eigenvalue weighted by molar-refractivity contribution is -0.117. The van der Waals surface area contributed by atoms with Crippen molar-refractivity contribution in [3.63, 3.8) is 0 Å². The van der Waals surface area contributed by atoms with Crippen molar-refractivity contribution in [2.24, 2.45) is 5.73 Å². The summed E-state index contributed by atoms with van der Waals surface area (Å²) in [6, 6.07) is 12.6. The summed E-state index contributed by atoms with van der Waals surface area (Å²) in [6.45, 7) is 0. The minimum atomic E-state index is -0.587. The van der Waals surface area contributed by atoms with Gasteiger partial charge in [-0.05, 0) is 29.5 Å². The molecule has 106 valence electrons. The van der Waals surface area contributed by atoms with Gasteiger partial charge in [0, 0.05) is 0 Å². The van der Waals surface area contributed by atoms with Crippen molar-refractivity contribution < 1.29 is 13.6 Å². The Hall–Kier alpha value is -2.54. The highest BCUT2D eigenvalue weighted by molar-refractivity contribution is 8.00. The van der Waals surface area contributed by atoms with Crippen LogP contribution in [0.25, 0.3) is 11.7 Å². The van der Waals surface area contributed by atoms with Gasteiger partial charge in [-0.25, -0.2) is 0 Å². The van der Waals surface area contributed by atoms with Crippen LogP contribution in [-0.4, -0.2) is 16.1 Å². The number of thioether (sulfide) groups is 1. The van der Waals surface area contributed by atoms with Crippen LogP contribution in [0.5, 0.6) is 0 Å². The molecule has 1 atom stereocenters. The fourth-order valence-corrected chi connectivity index (χ4v) is 2.60. The standard InChI is InChI=1S/C14H11N3O3S/c15-12(18)11(9-5-2-1-3-6-9)21-14-17-16-13(20-14)10-7-4-8-19-10/h1-8,11H,(H2,15,18). The van der Waals surface area contributed by atoms with E-state index in [4.69, 9.17) is 14.6 Å². The Bertz CT molecular complexity index is 725. The molecule has 7 heteroatoms. The Morgan fingerprint density at radius 1 is 1.14 bits per heavy atom. The van der Waals surface area contributed by atoms with Gasteiger partial charge in [-0.3, -0.25) is 4.79 Å². The molecule has 1 aromatic carbocycles. The fraction of sp³-hybridized carbons (Fsp3) is 0.0714. The number of aromatic nitrogens is 2. The lowest BCUT2D eigenvalue weighted by atomic mass is 10.1. The van der Waals surface area contributed by atoms with Crippen molar-refractivity contribution in [2.45, 2.75) is 10.5 Å². The van der Waals surface area contributed by atoms with Gasteiger partial charge in [-0.2, -0.15) is 0 Å². The van der Waals surface area contributed by atoms with Crippen LogP contribution in [0.15, 0.2) is 62.8 Å². The minimum Gasteiger partial charge on any atom is -0.459 e. The molecule has 0 bridgehead atoms. The second-order valence-corrected chi connectivity index (χ2v) is 5.22. The van der Waals surface area contributed by atoms with Gasteiger partial charge in [0.15, 0.2) is 5.76 Å². The molecular weight excluding hydrogens is 290 g/mol. The molecule has 2 heterocycles. The average molecular weight is 301 g/mol. The lowest BCUT2D eigenvalue weighted by Crippen LogP contribution is -2.18. The minimum absolute atomic E-state index is 0.258. The number of furan rings is 1. The van der Waals surface area contributed by atoms with E-state index in [1.165, 1.54) is 6.26 Å². The number of amides is 1. The van der Waals surface area contributed by atoms with Crippen LogP contribution in [0.1, 0.15) is 10.8 Å². The van der Waals surface area contributed by atoms with Crippen LogP contribution in [0.2, 0.25) is 0 Å². The molecule has 2 N–H and O–H groups in total. The highest BCUT2D eigenvalue weighted by Crippen LogP contribution is 2.35. The van der Waals surface area contributed by atoms with Crippen LogP contribution in [0.4, 0.5) is 0 Å².